The van der Waals surface area contributed by atoms with Gasteiger partial charge in [0.2, 0.25) is 5.91 Å². The fourth-order valence-corrected chi connectivity index (χ4v) is 5.15. The van der Waals surface area contributed by atoms with Crippen LogP contribution in [0.25, 0.3) is 0 Å². The van der Waals surface area contributed by atoms with E-state index in [4.69, 9.17) is 14.3 Å². The molecule has 3 atom stereocenters. The van der Waals surface area contributed by atoms with E-state index in [-0.39, 0.29) is 11.8 Å². The van der Waals surface area contributed by atoms with E-state index in [0.29, 0.717) is 30.4 Å². The number of hydrogen-bond donors (Lipinski definition) is 0. The van der Waals surface area contributed by atoms with Gasteiger partial charge in [-0.25, -0.2) is 9.96 Å². The van der Waals surface area contributed by atoms with Crippen LogP contribution in [-0.2, 0) is 14.4 Å². The first-order chi connectivity index (χ1) is 17.9. The molecule has 5 rings (SSSR count). The molecule has 2 fully saturated rings. The molecule has 7 nitrogen and oxygen atoms in total. The Morgan fingerprint density at radius 2 is 1.65 bits per heavy atom. The summed E-state index contributed by atoms with van der Waals surface area (Å²) < 4.78 is 11.8. The fourth-order valence-electron chi connectivity index (χ4n) is 5.15. The molecule has 0 bridgehead atoms. The van der Waals surface area contributed by atoms with Gasteiger partial charge in [-0.05, 0) is 68.7 Å². The molecule has 37 heavy (non-hydrogen) atoms. The van der Waals surface area contributed by atoms with Gasteiger partial charge in [0.05, 0.1) is 30.6 Å². The van der Waals surface area contributed by atoms with E-state index in [1.54, 1.807) is 5.06 Å². The minimum atomic E-state index is -0.926. The zero-order valence-electron chi connectivity index (χ0n) is 21.6. The van der Waals surface area contributed by atoms with Gasteiger partial charge in [-0.1, -0.05) is 48.9 Å². The van der Waals surface area contributed by atoms with Crippen LogP contribution < -0.4 is 19.4 Å². The number of rotatable bonds is 8. The number of nitrogens with zero attached hydrogens (tertiary/aromatic N) is 2. The van der Waals surface area contributed by atoms with Crippen molar-refractivity contribution in [3.63, 3.8) is 0 Å². The number of ether oxygens (including phenoxy) is 2. The summed E-state index contributed by atoms with van der Waals surface area (Å²) >= 11 is 0. The molecule has 0 aliphatic carbocycles. The molecule has 192 valence electrons. The lowest BCUT2D eigenvalue weighted by atomic mass is 9.90. The maximum atomic E-state index is 14.0. The second-order valence-electron chi connectivity index (χ2n) is 9.45. The van der Waals surface area contributed by atoms with E-state index in [0.717, 1.165) is 28.8 Å². The first-order valence-corrected chi connectivity index (χ1v) is 12.8. The molecule has 2 aliphatic heterocycles. The molecular weight excluding hydrogens is 468 g/mol. The molecule has 0 radical (unpaired) electrons. The Morgan fingerprint density at radius 1 is 0.865 bits per heavy atom. The van der Waals surface area contributed by atoms with Crippen molar-refractivity contribution in [2.24, 2.45) is 5.92 Å². The van der Waals surface area contributed by atoms with Crippen molar-refractivity contribution < 1.29 is 23.9 Å². The molecule has 0 unspecified atom stereocenters. The normalized spacial score (nSPS) is 20.9. The van der Waals surface area contributed by atoms with Crippen LogP contribution in [0.2, 0.25) is 0 Å². The van der Waals surface area contributed by atoms with Crippen LogP contribution in [0, 0.1) is 19.8 Å². The molecule has 0 spiro atoms. The SMILES string of the molecule is CCCOc1ccc([C@@H]2[C@H]3C(=O)N(c4ccc(C)cc4C)C(=O)[C@H]3ON2c2ccccc2)cc1OCC. The molecule has 0 N–H and O–H groups in total. The highest BCUT2D eigenvalue weighted by Gasteiger charge is 2.60. The third kappa shape index (κ3) is 4.44. The van der Waals surface area contributed by atoms with Crippen LogP contribution in [0.3, 0.4) is 0 Å². The summed E-state index contributed by atoms with van der Waals surface area (Å²) in [6, 6.07) is 20.4. The van der Waals surface area contributed by atoms with Crippen molar-refractivity contribution >= 4 is 23.2 Å². The summed E-state index contributed by atoms with van der Waals surface area (Å²) in [5, 5.41) is 1.70. The molecule has 3 aromatic rings. The number of benzene rings is 3. The minimum absolute atomic E-state index is 0.269. The van der Waals surface area contributed by atoms with Gasteiger partial charge < -0.3 is 9.47 Å². The van der Waals surface area contributed by atoms with E-state index in [1.807, 2.05) is 94.4 Å². The number of anilines is 2. The predicted molar refractivity (Wildman–Crippen MR) is 142 cm³/mol. The van der Waals surface area contributed by atoms with Gasteiger partial charge in [0.15, 0.2) is 17.6 Å². The van der Waals surface area contributed by atoms with Gasteiger partial charge in [0.25, 0.3) is 5.91 Å². The Morgan fingerprint density at radius 3 is 2.35 bits per heavy atom. The number of hydrogen-bond acceptors (Lipinski definition) is 6. The molecule has 2 saturated heterocycles. The number of amides is 2. The van der Waals surface area contributed by atoms with E-state index in [2.05, 4.69) is 0 Å². The number of para-hydroxylation sites is 1. The van der Waals surface area contributed by atoms with Gasteiger partial charge >= 0.3 is 0 Å². The summed E-state index contributed by atoms with van der Waals surface area (Å²) in [6.07, 6.45) is -0.0508. The highest BCUT2D eigenvalue weighted by Crippen LogP contribution is 2.49. The molecule has 7 heteroatoms. The number of carbonyl (C=O) groups excluding carboxylic acids is 2. The first-order valence-electron chi connectivity index (χ1n) is 12.8. The van der Waals surface area contributed by atoms with Gasteiger partial charge in [-0.15, -0.1) is 0 Å². The van der Waals surface area contributed by atoms with Gasteiger partial charge in [0, 0.05) is 0 Å². The van der Waals surface area contributed by atoms with Gasteiger partial charge in [-0.3, -0.25) is 14.4 Å². The van der Waals surface area contributed by atoms with Crippen molar-refractivity contribution in [1.82, 2.24) is 0 Å². The number of fused-ring (bicyclic) bond motifs is 1. The van der Waals surface area contributed by atoms with Crippen molar-refractivity contribution in [1.29, 1.82) is 0 Å². The molecule has 0 aromatic heterocycles. The summed E-state index contributed by atoms with van der Waals surface area (Å²) in [6.45, 7) is 8.91. The average Bonchev–Trinajstić information content (AvgIpc) is 3.40. The Hall–Kier alpha value is -3.84. The van der Waals surface area contributed by atoms with E-state index in [9.17, 15) is 9.59 Å². The maximum Gasteiger partial charge on any atom is 0.266 e. The quantitative estimate of drug-likeness (QED) is 0.378. The number of hydroxylamine groups is 1. The van der Waals surface area contributed by atoms with Gasteiger partial charge in [-0.2, -0.15) is 0 Å². The van der Waals surface area contributed by atoms with Gasteiger partial charge in [0.1, 0.15) is 5.92 Å². The lowest BCUT2D eigenvalue weighted by molar-refractivity contribution is -0.126. The molecule has 2 heterocycles. The van der Waals surface area contributed by atoms with Crippen LogP contribution in [0.5, 0.6) is 11.5 Å². The van der Waals surface area contributed by atoms with Crippen LogP contribution in [-0.4, -0.2) is 31.1 Å². The van der Waals surface area contributed by atoms with Crippen molar-refractivity contribution in [3.8, 4) is 11.5 Å². The monoisotopic (exact) mass is 500 g/mol. The topological polar surface area (TPSA) is 68.3 Å². The largest absolute Gasteiger partial charge is 0.490 e. The smallest absolute Gasteiger partial charge is 0.266 e. The number of imide groups is 1. The molecule has 2 amide bonds. The summed E-state index contributed by atoms with van der Waals surface area (Å²) in [5.74, 6) is -0.0777. The Labute approximate surface area is 217 Å². The zero-order valence-corrected chi connectivity index (χ0v) is 21.6. The van der Waals surface area contributed by atoms with E-state index in [1.165, 1.54) is 4.90 Å². The fraction of sp³-hybridized carbons (Fsp3) is 0.333. The van der Waals surface area contributed by atoms with Crippen LogP contribution >= 0.6 is 0 Å². The summed E-state index contributed by atoms with van der Waals surface area (Å²) in [5.41, 5.74) is 4.12. The molecular formula is C30H32N2O5. The summed E-state index contributed by atoms with van der Waals surface area (Å²) in [4.78, 5) is 35.2. The minimum Gasteiger partial charge on any atom is -0.490 e. The number of aryl methyl sites for hydroxylation is 2. The highest BCUT2D eigenvalue weighted by atomic mass is 16.7. The third-order valence-corrected chi connectivity index (χ3v) is 6.79. The predicted octanol–water partition coefficient (Wildman–Crippen LogP) is 5.54. The van der Waals surface area contributed by atoms with Crippen molar-refractivity contribution in [3.05, 3.63) is 83.4 Å². The van der Waals surface area contributed by atoms with Crippen LogP contribution in [0.15, 0.2) is 66.7 Å². The maximum absolute atomic E-state index is 14.0. The highest BCUT2D eigenvalue weighted by molar-refractivity contribution is 6.24. The zero-order chi connectivity index (χ0) is 26.1. The molecule has 3 aromatic carbocycles. The lowest BCUT2D eigenvalue weighted by Gasteiger charge is -2.29. The summed E-state index contributed by atoms with van der Waals surface area (Å²) in [7, 11) is 0. The average molecular weight is 501 g/mol. The molecule has 0 saturated carbocycles. The second kappa shape index (κ2) is 10.3. The first kappa shape index (κ1) is 24.8. The van der Waals surface area contributed by atoms with Crippen LogP contribution in [0.1, 0.15) is 43.0 Å². The Bertz CT molecular complexity index is 1310. The standard InChI is InChI=1S/C30H32N2O5/c1-5-16-36-24-15-13-21(18-25(24)35-6-2)27-26-28(37-32(27)22-10-8-7-9-11-22)30(34)31(29(26)33)23-14-12-19(3)17-20(23)4/h7-15,17-18,26-28H,5-6,16H2,1-4H3/t26-,27-,28+/m1/s1. The second-order valence-corrected chi connectivity index (χ2v) is 9.45. The van der Waals surface area contributed by atoms with Crippen molar-refractivity contribution in [2.45, 2.75) is 46.3 Å². The third-order valence-electron chi connectivity index (χ3n) is 6.79. The van der Waals surface area contributed by atoms with E-state index < -0.39 is 18.1 Å². The van der Waals surface area contributed by atoms with Crippen LogP contribution in [0.4, 0.5) is 11.4 Å². The lowest BCUT2D eigenvalue weighted by Crippen LogP contribution is -2.37. The molecule has 2 aliphatic rings. The Balaban J connectivity index is 1.58. The number of carbonyl (C=O) groups is 2. The Kier molecular flexibility index (Phi) is 6.89. The van der Waals surface area contributed by atoms with E-state index >= 15 is 0 Å². The van der Waals surface area contributed by atoms with Crippen molar-refractivity contribution in [2.75, 3.05) is 23.2 Å².